The Labute approximate surface area is 113 Å². The van der Waals surface area contributed by atoms with Gasteiger partial charge >= 0.3 is 0 Å². The summed E-state index contributed by atoms with van der Waals surface area (Å²) in [7, 11) is 0. The molecule has 1 fully saturated rings. The van der Waals surface area contributed by atoms with Gasteiger partial charge in [-0.15, -0.1) is 0 Å². The summed E-state index contributed by atoms with van der Waals surface area (Å²) >= 11 is 0. The molecular formula is C14H20N4O. The number of likely N-dealkylation sites (tertiary alicyclic amines) is 1. The van der Waals surface area contributed by atoms with Gasteiger partial charge in [-0.1, -0.05) is 11.6 Å². The summed E-state index contributed by atoms with van der Waals surface area (Å²) < 4.78 is 7.36. The fourth-order valence-electron chi connectivity index (χ4n) is 2.79. The third kappa shape index (κ3) is 3.04. The van der Waals surface area contributed by atoms with Gasteiger partial charge in [-0.2, -0.15) is 5.10 Å². The fourth-order valence-corrected chi connectivity index (χ4v) is 2.79. The van der Waals surface area contributed by atoms with Crippen LogP contribution < -0.4 is 0 Å². The van der Waals surface area contributed by atoms with Crippen LogP contribution in [0.2, 0.25) is 0 Å². The zero-order valence-electron chi connectivity index (χ0n) is 11.3. The van der Waals surface area contributed by atoms with Crippen molar-refractivity contribution in [2.75, 3.05) is 6.54 Å². The molecule has 2 aromatic heterocycles. The number of aryl methyl sites for hydroxylation is 1. The summed E-state index contributed by atoms with van der Waals surface area (Å²) in [6.07, 6.45) is 7.67. The SMILES string of the molecule is Cc1cc(CN2CCCC[C@@H]2Cn2cccn2)on1. The van der Waals surface area contributed by atoms with Gasteiger partial charge in [0.15, 0.2) is 5.76 Å². The van der Waals surface area contributed by atoms with Gasteiger partial charge < -0.3 is 4.52 Å². The Kier molecular flexibility index (Phi) is 3.64. The highest BCUT2D eigenvalue weighted by molar-refractivity contribution is 5.03. The highest BCUT2D eigenvalue weighted by atomic mass is 16.5. The second-order valence-electron chi connectivity index (χ2n) is 5.28. The lowest BCUT2D eigenvalue weighted by Crippen LogP contribution is -2.41. The average Bonchev–Trinajstić information content (AvgIpc) is 3.04. The minimum absolute atomic E-state index is 0.541. The summed E-state index contributed by atoms with van der Waals surface area (Å²) in [4.78, 5) is 2.49. The van der Waals surface area contributed by atoms with Gasteiger partial charge in [-0.3, -0.25) is 9.58 Å². The van der Waals surface area contributed by atoms with Gasteiger partial charge in [-0.05, 0) is 32.4 Å². The lowest BCUT2D eigenvalue weighted by molar-refractivity contribution is 0.110. The molecule has 0 saturated carbocycles. The summed E-state index contributed by atoms with van der Waals surface area (Å²) in [6, 6.07) is 4.55. The molecule has 1 atom stereocenters. The van der Waals surface area contributed by atoms with E-state index in [9.17, 15) is 0 Å². The smallest absolute Gasteiger partial charge is 0.150 e. The summed E-state index contributed by atoms with van der Waals surface area (Å²) in [5.74, 6) is 0.963. The summed E-state index contributed by atoms with van der Waals surface area (Å²) in [6.45, 7) is 4.91. The van der Waals surface area contributed by atoms with Crippen LogP contribution in [0.1, 0.15) is 30.7 Å². The van der Waals surface area contributed by atoms with Gasteiger partial charge in [0, 0.05) is 24.5 Å². The minimum atomic E-state index is 0.541. The Morgan fingerprint density at radius 1 is 1.42 bits per heavy atom. The molecule has 1 saturated heterocycles. The van der Waals surface area contributed by atoms with Crippen molar-refractivity contribution in [2.24, 2.45) is 0 Å². The average molecular weight is 260 g/mol. The van der Waals surface area contributed by atoms with Crippen LogP contribution in [0.3, 0.4) is 0 Å². The number of aromatic nitrogens is 3. The second-order valence-corrected chi connectivity index (χ2v) is 5.28. The van der Waals surface area contributed by atoms with Gasteiger partial charge in [-0.25, -0.2) is 0 Å². The van der Waals surface area contributed by atoms with E-state index in [-0.39, 0.29) is 0 Å². The third-order valence-electron chi connectivity index (χ3n) is 3.74. The van der Waals surface area contributed by atoms with Crippen LogP contribution in [-0.2, 0) is 13.1 Å². The maximum absolute atomic E-state index is 5.34. The van der Waals surface area contributed by atoms with Crippen molar-refractivity contribution in [3.05, 3.63) is 36.0 Å². The predicted molar refractivity (Wildman–Crippen MR) is 71.5 cm³/mol. The molecule has 0 aliphatic carbocycles. The van der Waals surface area contributed by atoms with Crippen molar-refractivity contribution in [2.45, 2.75) is 45.3 Å². The van der Waals surface area contributed by atoms with Crippen molar-refractivity contribution in [3.8, 4) is 0 Å². The summed E-state index contributed by atoms with van der Waals surface area (Å²) in [5.41, 5.74) is 0.954. The van der Waals surface area contributed by atoms with Crippen LogP contribution >= 0.6 is 0 Å². The maximum Gasteiger partial charge on any atom is 0.150 e. The third-order valence-corrected chi connectivity index (χ3v) is 3.74. The van der Waals surface area contributed by atoms with Crippen molar-refractivity contribution in [1.29, 1.82) is 0 Å². The molecule has 5 nitrogen and oxygen atoms in total. The van der Waals surface area contributed by atoms with Crippen molar-refractivity contribution >= 4 is 0 Å². The molecule has 0 spiro atoms. The fraction of sp³-hybridized carbons (Fsp3) is 0.571. The lowest BCUT2D eigenvalue weighted by atomic mass is 10.0. The lowest BCUT2D eigenvalue weighted by Gasteiger charge is -2.34. The van der Waals surface area contributed by atoms with Crippen LogP contribution in [0.15, 0.2) is 29.0 Å². The minimum Gasteiger partial charge on any atom is -0.360 e. The normalized spacial score (nSPS) is 20.8. The van der Waals surface area contributed by atoms with E-state index in [1.807, 2.05) is 36.1 Å². The van der Waals surface area contributed by atoms with Crippen LogP contribution in [0.4, 0.5) is 0 Å². The Hall–Kier alpha value is -1.62. The van der Waals surface area contributed by atoms with Crippen LogP contribution in [0.25, 0.3) is 0 Å². The first-order valence-electron chi connectivity index (χ1n) is 6.95. The predicted octanol–water partition coefficient (Wildman–Crippen LogP) is 2.23. The Balaban J connectivity index is 1.66. The highest BCUT2D eigenvalue weighted by Crippen LogP contribution is 2.21. The van der Waals surface area contributed by atoms with E-state index >= 15 is 0 Å². The molecule has 19 heavy (non-hydrogen) atoms. The van der Waals surface area contributed by atoms with Gasteiger partial charge in [0.1, 0.15) is 0 Å². The van der Waals surface area contributed by atoms with E-state index < -0.39 is 0 Å². The van der Waals surface area contributed by atoms with Crippen molar-refractivity contribution < 1.29 is 4.52 Å². The number of nitrogens with zero attached hydrogens (tertiary/aromatic N) is 4. The summed E-state index contributed by atoms with van der Waals surface area (Å²) in [5, 5.41) is 8.27. The molecule has 1 aliphatic heterocycles. The van der Waals surface area contributed by atoms with Crippen LogP contribution in [-0.4, -0.2) is 32.4 Å². The van der Waals surface area contributed by atoms with Crippen LogP contribution in [0, 0.1) is 6.92 Å². The molecule has 0 N–H and O–H groups in total. The maximum atomic E-state index is 5.34. The van der Waals surface area contributed by atoms with Gasteiger partial charge in [0.2, 0.25) is 0 Å². The van der Waals surface area contributed by atoms with E-state index in [0.717, 1.165) is 31.1 Å². The number of hydrogen-bond donors (Lipinski definition) is 0. The Bertz CT molecular complexity index is 505. The van der Waals surface area contributed by atoms with E-state index in [2.05, 4.69) is 15.2 Å². The Morgan fingerprint density at radius 3 is 3.11 bits per heavy atom. The van der Waals surface area contributed by atoms with Gasteiger partial charge in [0.25, 0.3) is 0 Å². The van der Waals surface area contributed by atoms with Crippen LogP contribution in [0.5, 0.6) is 0 Å². The molecule has 0 bridgehead atoms. The monoisotopic (exact) mass is 260 g/mol. The molecular weight excluding hydrogens is 240 g/mol. The first-order chi connectivity index (χ1) is 9.31. The van der Waals surface area contributed by atoms with E-state index in [4.69, 9.17) is 4.52 Å². The standard InChI is InChI=1S/C14H20N4O/c1-12-9-14(19-16-12)11-17-7-3-2-5-13(17)10-18-8-4-6-15-18/h4,6,8-9,13H,2-3,5,7,10-11H2,1H3/t13-/m1/s1. The topological polar surface area (TPSA) is 47.1 Å². The molecule has 3 heterocycles. The number of hydrogen-bond acceptors (Lipinski definition) is 4. The molecule has 0 unspecified atom stereocenters. The highest BCUT2D eigenvalue weighted by Gasteiger charge is 2.24. The molecule has 0 amide bonds. The first-order valence-corrected chi connectivity index (χ1v) is 6.95. The van der Waals surface area contributed by atoms with E-state index in [1.54, 1.807) is 0 Å². The van der Waals surface area contributed by atoms with E-state index in [0.29, 0.717) is 6.04 Å². The largest absolute Gasteiger partial charge is 0.360 e. The Morgan fingerprint density at radius 2 is 2.37 bits per heavy atom. The molecule has 102 valence electrons. The number of piperidine rings is 1. The molecule has 1 aliphatic rings. The van der Waals surface area contributed by atoms with E-state index in [1.165, 1.54) is 19.3 Å². The van der Waals surface area contributed by atoms with Crippen molar-refractivity contribution in [3.63, 3.8) is 0 Å². The van der Waals surface area contributed by atoms with Gasteiger partial charge in [0.05, 0.1) is 18.8 Å². The zero-order chi connectivity index (χ0) is 13.1. The molecule has 3 rings (SSSR count). The molecule has 2 aromatic rings. The number of rotatable bonds is 4. The molecule has 0 radical (unpaired) electrons. The quantitative estimate of drug-likeness (QED) is 0.845. The van der Waals surface area contributed by atoms with Crippen molar-refractivity contribution in [1.82, 2.24) is 19.8 Å². The zero-order valence-corrected chi connectivity index (χ0v) is 11.3. The molecule has 0 aromatic carbocycles. The first kappa shape index (κ1) is 12.4. The second kappa shape index (κ2) is 5.57. The molecule has 5 heteroatoms.